The van der Waals surface area contributed by atoms with E-state index in [-0.39, 0.29) is 0 Å². The molecule has 0 bridgehead atoms. The van der Waals surface area contributed by atoms with Gasteiger partial charge in [0.1, 0.15) is 0 Å². The normalized spacial score (nSPS) is 11.1. The summed E-state index contributed by atoms with van der Waals surface area (Å²) in [6, 6.07) is 4.32. The zero-order valence-corrected chi connectivity index (χ0v) is 10.0. The van der Waals surface area contributed by atoms with E-state index in [9.17, 15) is 0 Å². The lowest BCUT2D eigenvalue weighted by Crippen LogP contribution is -1.93. The minimum absolute atomic E-state index is 1.07. The number of nitrogens with zero attached hydrogens (tertiary/aromatic N) is 2. The topological polar surface area (TPSA) is 17.3 Å². The summed E-state index contributed by atoms with van der Waals surface area (Å²) in [5.41, 5.74) is 3.66. The minimum Gasteiger partial charge on any atom is -0.239 e. The third-order valence-electron chi connectivity index (χ3n) is 2.26. The van der Waals surface area contributed by atoms with E-state index in [0.29, 0.717) is 0 Å². The van der Waals surface area contributed by atoms with Crippen LogP contribution < -0.4 is 0 Å². The van der Waals surface area contributed by atoms with Crippen molar-refractivity contribution in [2.45, 2.75) is 26.7 Å². The molecule has 2 heterocycles. The van der Waals surface area contributed by atoms with Crippen molar-refractivity contribution in [1.29, 1.82) is 0 Å². The zero-order valence-electron chi connectivity index (χ0n) is 8.42. The van der Waals surface area contributed by atoms with Crippen molar-refractivity contribution in [3.8, 4) is 0 Å². The van der Waals surface area contributed by atoms with Crippen LogP contribution in [0.2, 0.25) is 0 Å². The van der Waals surface area contributed by atoms with Gasteiger partial charge in [0, 0.05) is 10.7 Å². The molecule has 0 aromatic carbocycles. The summed E-state index contributed by atoms with van der Waals surface area (Å²) >= 11 is 3.50. The van der Waals surface area contributed by atoms with Gasteiger partial charge in [-0.3, -0.25) is 0 Å². The first kappa shape index (κ1) is 9.71. The van der Waals surface area contributed by atoms with E-state index in [4.69, 9.17) is 0 Å². The van der Waals surface area contributed by atoms with Crippen molar-refractivity contribution in [3.05, 3.63) is 34.1 Å². The van der Waals surface area contributed by atoms with E-state index < -0.39 is 0 Å². The fourth-order valence-corrected chi connectivity index (χ4v) is 2.19. The Hall–Kier alpha value is -0.830. The lowest BCUT2D eigenvalue weighted by Gasteiger charge is -2.02. The third-order valence-corrected chi connectivity index (χ3v) is 2.70. The molecule has 0 aliphatic heterocycles. The van der Waals surface area contributed by atoms with Gasteiger partial charge in [0.2, 0.25) is 0 Å². The molecule has 0 atom stereocenters. The molecule has 3 heteroatoms. The molecule has 74 valence electrons. The number of pyridine rings is 1. The van der Waals surface area contributed by atoms with Crippen LogP contribution in [-0.2, 0) is 6.42 Å². The molecular formula is C11H13BrN2. The predicted molar refractivity (Wildman–Crippen MR) is 61.6 cm³/mol. The molecule has 0 saturated carbocycles. The molecule has 2 nitrogen and oxygen atoms in total. The van der Waals surface area contributed by atoms with Gasteiger partial charge in [-0.25, -0.2) is 4.52 Å². The van der Waals surface area contributed by atoms with E-state index >= 15 is 0 Å². The van der Waals surface area contributed by atoms with Gasteiger partial charge >= 0.3 is 0 Å². The average Bonchev–Trinajstić information content (AvgIpc) is 2.45. The maximum absolute atomic E-state index is 4.40. The molecule has 0 saturated heterocycles. The van der Waals surface area contributed by atoms with Crippen molar-refractivity contribution < 1.29 is 0 Å². The second-order valence-electron chi connectivity index (χ2n) is 3.55. The first-order chi connectivity index (χ1) is 6.70. The van der Waals surface area contributed by atoms with Crippen LogP contribution in [0.15, 0.2) is 22.8 Å². The monoisotopic (exact) mass is 252 g/mol. The number of aromatic nitrogens is 2. The highest BCUT2D eigenvalue weighted by atomic mass is 79.9. The van der Waals surface area contributed by atoms with Crippen LogP contribution in [-0.4, -0.2) is 9.61 Å². The first-order valence-corrected chi connectivity index (χ1v) is 5.64. The SMILES string of the molecule is CCCc1cc(Br)cn2nc(C)cc12. The highest BCUT2D eigenvalue weighted by Gasteiger charge is 2.04. The van der Waals surface area contributed by atoms with Crippen molar-refractivity contribution in [3.63, 3.8) is 0 Å². The Balaban J connectivity index is 2.66. The third kappa shape index (κ3) is 1.69. The van der Waals surface area contributed by atoms with Gasteiger partial charge in [-0.05, 0) is 47.0 Å². The molecular weight excluding hydrogens is 240 g/mol. The van der Waals surface area contributed by atoms with Crippen LogP contribution in [0.25, 0.3) is 5.52 Å². The molecule has 14 heavy (non-hydrogen) atoms. The summed E-state index contributed by atoms with van der Waals surface area (Å²) in [5.74, 6) is 0. The summed E-state index contributed by atoms with van der Waals surface area (Å²) < 4.78 is 3.04. The van der Waals surface area contributed by atoms with Crippen LogP contribution >= 0.6 is 15.9 Å². The highest BCUT2D eigenvalue weighted by Crippen LogP contribution is 2.19. The number of hydrogen-bond donors (Lipinski definition) is 0. The van der Waals surface area contributed by atoms with Crippen molar-refractivity contribution >= 4 is 21.4 Å². The average molecular weight is 253 g/mol. The van der Waals surface area contributed by atoms with Gasteiger partial charge < -0.3 is 0 Å². The van der Waals surface area contributed by atoms with Gasteiger partial charge in [0.05, 0.1) is 11.2 Å². The lowest BCUT2D eigenvalue weighted by molar-refractivity contribution is 0.888. The molecule has 0 unspecified atom stereocenters. The Morgan fingerprint density at radius 3 is 2.93 bits per heavy atom. The summed E-state index contributed by atoms with van der Waals surface area (Å²) in [6.07, 6.45) is 4.27. The highest BCUT2D eigenvalue weighted by molar-refractivity contribution is 9.10. The number of rotatable bonds is 2. The maximum Gasteiger partial charge on any atom is 0.0697 e. The first-order valence-electron chi connectivity index (χ1n) is 4.85. The molecule has 2 aromatic heterocycles. The lowest BCUT2D eigenvalue weighted by atomic mass is 10.1. The van der Waals surface area contributed by atoms with E-state index in [0.717, 1.165) is 23.0 Å². The largest absolute Gasteiger partial charge is 0.239 e. The van der Waals surface area contributed by atoms with Crippen LogP contribution in [0.4, 0.5) is 0 Å². The van der Waals surface area contributed by atoms with Crippen molar-refractivity contribution in [2.24, 2.45) is 0 Å². The molecule has 0 radical (unpaired) electrons. The van der Waals surface area contributed by atoms with Gasteiger partial charge in [-0.2, -0.15) is 5.10 Å². The number of fused-ring (bicyclic) bond motifs is 1. The minimum atomic E-state index is 1.07. The van der Waals surface area contributed by atoms with Crippen LogP contribution in [0, 0.1) is 6.92 Å². The Morgan fingerprint density at radius 1 is 1.43 bits per heavy atom. The fourth-order valence-electron chi connectivity index (χ4n) is 1.72. The van der Waals surface area contributed by atoms with Crippen LogP contribution in [0.5, 0.6) is 0 Å². The fraction of sp³-hybridized carbons (Fsp3) is 0.364. The number of hydrogen-bond acceptors (Lipinski definition) is 1. The van der Waals surface area contributed by atoms with Gasteiger partial charge in [0.15, 0.2) is 0 Å². The smallest absolute Gasteiger partial charge is 0.0697 e. The van der Waals surface area contributed by atoms with Gasteiger partial charge in [-0.15, -0.1) is 0 Å². The second-order valence-corrected chi connectivity index (χ2v) is 4.46. The molecule has 0 fully saturated rings. The van der Waals surface area contributed by atoms with Crippen LogP contribution in [0.3, 0.4) is 0 Å². The summed E-state index contributed by atoms with van der Waals surface area (Å²) in [7, 11) is 0. The number of aryl methyl sites for hydroxylation is 2. The van der Waals surface area contributed by atoms with Crippen molar-refractivity contribution in [2.75, 3.05) is 0 Å². The summed E-state index contributed by atoms with van der Waals surface area (Å²) in [5, 5.41) is 4.40. The molecule has 2 aromatic rings. The van der Waals surface area contributed by atoms with E-state index in [1.807, 2.05) is 17.6 Å². The number of halogens is 1. The second kappa shape index (κ2) is 3.73. The summed E-state index contributed by atoms with van der Waals surface area (Å²) in [6.45, 7) is 4.22. The summed E-state index contributed by atoms with van der Waals surface area (Å²) in [4.78, 5) is 0. The quantitative estimate of drug-likeness (QED) is 0.802. The molecule has 0 spiro atoms. The van der Waals surface area contributed by atoms with E-state index in [2.05, 4.69) is 40.1 Å². The molecule has 0 aliphatic carbocycles. The Morgan fingerprint density at radius 2 is 2.21 bits per heavy atom. The van der Waals surface area contributed by atoms with Gasteiger partial charge in [0.25, 0.3) is 0 Å². The molecule has 2 rings (SSSR count). The Kier molecular flexibility index (Phi) is 2.59. The Labute approximate surface area is 92.1 Å². The molecule has 0 N–H and O–H groups in total. The van der Waals surface area contributed by atoms with Crippen molar-refractivity contribution in [1.82, 2.24) is 9.61 Å². The standard InChI is InChI=1S/C11H13BrN2/c1-3-4-9-6-10(12)7-14-11(9)5-8(2)13-14/h5-7H,3-4H2,1-2H3. The van der Waals surface area contributed by atoms with E-state index in [1.54, 1.807) is 0 Å². The molecule has 0 amide bonds. The van der Waals surface area contributed by atoms with E-state index in [1.165, 1.54) is 11.1 Å². The Bertz CT molecular complexity index is 460. The van der Waals surface area contributed by atoms with Crippen LogP contribution in [0.1, 0.15) is 24.6 Å². The zero-order chi connectivity index (χ0) is 10.1. The maximum atomic E-state index is 4.40. The predicted octanol–water partition coefficient (Wildman–Crippen LogP) is 3.36. The molecule has 0 aliphatic rings. The van der Waals surface area contributed by atoms with Gasteiger partial charge in [-0.1, -0.05) is 13.3 Å².